The number of pyridine rings is 1. The lowest BCUT2D eigenvalue weighted by Gasteiger charge is -2.15. The summed E-state index contributed by atoms with van der Waals surface area (Å²) in [5, 5.41) is 3.87. The van der Waals surface area contributed by atoms with Gasteiger partial charge in [0.1, 0.15) is 19.0 Å². The van der Waals surface area contributed by atoms with E-state index in [0.29, 0.717) is 24.0 Å². The first-order valence-electron chi connectivity index (χ1n) is 7.29. The van der Waals surface area contributed by atoms with Crippen molar-refractivity contribution in [2.24, 2.45) is 0 Å². The van der Waals surface area contributed by atoms with Crippen LogP contribution in [0.25, 0.3) is 11.4 Å². The summed E-state index contributed by atoms with van der Waals surface area (Å²) in [6.45, 7) is 0.380. The molecule has 0 aliphatic carbocycles. The minimum absolute atomic E-state index is 0.0679. The Morgan fingerprint density at radius 1 is 1.29 bits per heavy atom. The van der Waals surface area contributed by atoms with Gasteiger partial charge in [0.05, 0.1) is 12.8 Å². The Morgan fingerprint density at radius 2 is 2.12 bits per heavy atom. The van der Waals surface area contributed by atoms with Crippen LogP contribution in [0.15, 0.2) is 51.9 Å². The maximum absolute atomic E-state index is 12.0. The normalized spacial score (nSPS) is 10.7. The molecule has 0 aromatic carbocycles. The van der Waals surface area contributed by atoms with Gasteiger partial charge in [0.15, 0.2) is 0 Å². The van der Waals surface area contributed by atoms with Gasteiger partial charge in [-0.3, -0.25) is 9.78 Å². The molecule has 0 aliphatic rings. The van der Waals surface area contributed by atoms with Crippen molar-refractivity contribution in [3.8, 4) is 11.4 Å². The molecule has 124 valence electrons. The standard InChI is InChI=1S/C16H16N4O4/c1-20(9-13-3-2-8-23-13)15(21)11-22-10-14-18-16(19-24-14)12-4-6-17-7-5-12/h2-8H,9-11H2,1H3. The third-order valence-electron chi connectivity index (χ3n) is 3.26. The van der Waals surface area contributed by atoms with Gasteiger partial charge in [0.25, 0.3) is 5.89 Å². The molecular formula is C16H16N4O4. The van der Waals surface area contributed by atoms with Crippen molar-refractivity contribution in [3.63, 3.8) is 0 Å². The summed E-state index contributed by atoms with van der Waals surface area (Å²) in [6, 6.07) is 7.15. The van der Waals surface area contributed by atoms with E-state index in [1.807, 2.05) is 6.07 Å². The molecule has 24 heavy (non-hydrogen) atoms. The molecule has 0 radical (unpaired) electrons. The molecule has 3 heterocycles. The van der Waals surface area contributed by atoms with Crippen LogP contribution in [-0.2, 0) is 22.7 Å². The zero-order valence-electron chi connectivity index (χ0n) is 13.1. The first-order chi connectivity index (χ1) is 11.7. The molecule has 0 aliphatic heterocycles. The average Bonchev–Trinajstić information content (AvgIpc) is 3.27. The van der Waals surface area contributed by atoms with E-state index < -0.39 is 0 Å². The van der Waals surface area contributed by atoms with Gasteiger partial charge in [0.2, 0.25) is 11.7 Å². The Hall–Kier alpha value is -3.00. The minimum Gasteiger partial charge on any atom is -0.467 e. The predicted octanol–water partition coefficient (Wildman–Crippen LogP) is 1.90. The van der Waals surface area contributed by atoms with Crippen molar-refractivity contribution >= 4 is 5.91 Å². The number of carbonyl (C=O) groups is 1. The summed E-state index contributed by atoms with van der Waals surface area (Å²) in [7, 11) is 1.68. The molecule has 0 unspecified atom stereocenters. The van der Waals surface area contributed by atoms with Gasteiger partial charge < -0.3 is 18.6 Å². The van der Waals surface area contributed by atoms with Crippen molar-refractivity contribution in [1.82, 2.24) is 20.0 Å². The summed E-state index contributed by atoms with van der Waals surface area (Å²) in [4.78, 5) is 21.6. The fourth-order valence-electron chi connectivity index (χ4n) is 1.99. The van der Waals surface area contributed by atoms with E-state index in [4.69, 9.17) is 13.7 Å². The number of amides is 1. The third kappa shape index (κ3) is 4.05. The summed E-state index contributed by atoms with van der Waals surface area (Å²) in [5.74, 6) is 1.31. The van der Waals surface area contributed by atoms with Gasteiger partial charge in [-0.25, -0.2) is 0 Å². The second-order valence-electron chi connectivity index (χ2n) is 5.07. The largest absolute Gasteiger partial charge is 0.467 e. The number of hydrogen-bond donors (Lipinski definition) is 0. The molecule has 3 aromatic rings. The van der Waals surface area contributed by atoms with E-state index in [2.05, 4.69) is 15.1 Å². The zero-order chi connectivity index (χ0) is 16.8. The molecule has 8 heteroatoms. The van der Waals surface area contributed by atoms with Gasteiger partial charge >= 0.3 is 0 Å². The van der Waals surface area contributed by atoms with Gasteiger partial charge in [-0.15, -0.1) is 0 Å². The highest BCUT2D eigenvalue weighted by atomic mass is 16.5. The highest BCUT2D eigenvalue weighted by Crippen LogP contribution is 2.14. The SMILES string of the molecule is CN(Cc1ccco1)C(=O)COCc1nc(-c2ccncc2)no1. The molecule has 3 aromatic heterocycles. The van der Waals surface area contributed by atoms with Gasteiger partial charge in [-0.1, -0.05) is 5.16 Å². The number of carbonyl (C=O) groups excluding carboxylic acids is 1. The summed E-state index contributed by atoms with van der Waals surface area (Å²) in [6.07, 6.45) is 4.87. The van der Waals surface area contributed by atoms with Crippen LogP contribution in [0.1, 0.15) is 11.7 Å². The Bertz CT molecular complexity index is 770. The van der Waals surface area contributed by atoms with Gasteiger partial charge in [0, 0.05) is 25.0 Å². The molecule has 8 nitrogen and oxygen atoms in total. The highest BCUT2D eigenvalue weighted by Gasteiger charge is 2.13. The van der Waals surface area contributed by atoms with Crippen molar-refractivity contribution in [2.75, 3.05) is 13.7 Å². The third-order valence-corrected chi connectivity index (χ3v) is 3.26. The number of aromatic nitrogens is 3. The van der Waals surface area contributed by atoms with Crippen molar-refractivity contribution < 1.29 is 18.5 Å². The smallest absolute Gasteiger partial charge is 0.252 e. The van der Waals surface area contributed by atoms with Crippen LogP contribution in [0, 0.1) is 0 Å². The van der Waals surface area contributed by atoms with Gasteiger partial charge in [-0.2, -0.15) is 4.98 Å². The van der Waals surface area contributed by atoms with Crippen molar-refractivity contribution in [3.05, 3.63) is 54.6 Å². The monoisotopic (exact) mass is 328 g/mol. The van der Waals surface area contributed by atoms with E-state index in [-0.39, 0.29) is 19.1 Å². The molecule has 0 fully saturated rings. The molecule has 3 rings (SSSR count). The van der Waals surface area contributed by atoms with E-state index in [1.165, 1.54) is 4.90 Å². The highest BCUT2D eigenvalue weighted by molar-refractivity contribution is 5.77. The van der Waals surface area contributed by atoms with Crippen LogP contribution in [0.2, 0.25) is 0 Å². The summed E-state index contributed by atoms with van der Waals surface area (Å²) < 4.78 is 15.6. The van der Waals surface area contributed by atoms with Crippen LogP contribution in [-0.4, -0.2) is 39.6 Å². The van der Waals surface area contributed by atoms with E-state index in [1.54, 1.807) is 43.9 Å². The summed E-state index contributed by atoms with van der Waals surface area (Å²) >= 11 is 0. The fraction of sp³-hybridized carbons (Fsp3) is 0.250. The number of likely N-dealkylation sites (N-methyl/N-ethyl adjacent to an activating group) is 1. The first kappa shape index (κ1) is 15.9. The molecule has 1 amide bonds. The lowest BCUT2D eigenvalue weighted by Crippen LogP contribution is -2.29. The molecule has 0 bridgehead atoms. The lowest BCUT2D eigenvalue weighted by atomic mass is 10.2. The van der Waals surface area contributed by atoms with Crippen LogP contribution < -0.4 is 0 Å². The predicted molar refractivity (Wildman–Crippen MR) is 82.4 cm³/mol. The van der Waals surface area contributed by atoms with Crippen molar-refractivity contribution in [2.45, 2.75) is 13.2 Å². The van der Waals surface area contributed by atoms with Crippen LogP contribution >= 0.6 is 0 Å². The molecule has 0 atom stereocenters. The second-order valence-corrected chi connectivity index (χ2v) is 5.07. The van der Waals surface area contributed by atoms with Crippen LogP contribution in [0.4, 0.5) is 0 Å². The maximum atomic E-state index is 12.0. The molecule has 0 N–H and O–H groups in total. The minimum atomic E-state index is -0.166. The zero-order valence-corrected chi connectivity index (χ0v) is 13.1. The number of nitrogens with zero attached hydrogens (tertiary/aromatic N) is 4. The molecule has 0 saturated heterocycles. The first-order valence-corrected chi connectivity index (χ1v) is 7.29. The average molecular weight is 328 g/mol. The van der Waals surface area contributed by atoms with E-state index in [9.17, 15) is 4.79 Å². The Balaban J connectivity index is 1.46. The summed E-state index contributed by atoms with van der Waals surface area (Å²) in [5.41, 5.74) is 0.800. The molecule has 0 spiro atoms. The van der Waals surface area contributed by atoms with Crippen molar-refractivity contribution in [1.29, 1.82) is 0 Å². The Labute approximate surface area is 138 Å². The number of hydrogen-bond acceptors (Lipinski definition) is 7. The number of ether oxygens (including phenoxy) is 1. The number of furan rings is 1. The van der Waals surface area contributed by atoms with E-state index in [0.717, 1.165) is 5.56 Å². The molecule has 0 saturated carbocycles. The number of rotatable bonds is 7. The van der Waals surface area contributed by atoms with E-state index >= 15 is 0 Å². The Kier molecular flexibility index (Phi) is 4.97. The van der Waals surface area contributed by atoms with Crippen LogP contribution in [0.3, 0.4) is 0 Å². The lowest BCUT2D eigenvalue weighted by molar-refractivity contribution is -0.136. The van der Waals surface area contributed by atoms with Gasteiger partial charge in [-0.05, 0) is 24.3 Å². The second kappa shape index (κ2) is 7.51. The maximum Gasteiger partial charge on any atom is 0.252 e. The quantitative estimate of drug-likeness (QED) is 0.653. The fourth-order valence-corrected chi connectivity index (χ4v) is 1.99. The molecular weight excluding hydrogens is 312 g/mol. The topological polar surface area (TPSA) is 94.5 Å². The van der Waals surface area contributed by atoms with Crippen LogP contribution in [0.5, 0.6) is 0 Å². The Morgan fingerprint density at radius 3 is 2.88 bits per heavy atom.